The van der Waals surface area contributed by atoms with Crippen LogP contribution in [0.3, 0.4) is 0 Å². The summed E-state index contributed by atoms with van der Waals surface area (Å²) in [6.45, 7) is 7.07. The first-order valence-electron chi connectivity index (χ1n) is 19.2. The van der Waals surface area contributed by atoms with E-state index in [0.717, 1.165) is 12.3 Å². The number of amides is 3. The molecule has 1 aliphatic carbocycles. The minimum Gasteiger partial charge on any atom is -0.344 e. The van der Waals surface area contributed by atoms with Crippen LogP contribution in [0.2, 0.25) is 0 Å². The van der Waals surface area contributed by atoms with Gasteiger partial charge in [-0.3, -0.25) is 23.5 Å². The first kappa shape index (κ1) is 48.0. The molecule has 0 unspecified atom stereocenters. The van der Waals surface area contributed by atoms with Gasteiger partial charge in [0.1, 0.15) is 0 Å². The standard InChI is InChI=1S/C40H42N4O13S6/c1-39(2)26-17-22(62(51,52)53)10-12-28(26)42(16-8-6-7-9-35(48)57-44-33(46)14-15-34(44)47)30(39)19-24-36(58)25(38(60)37(24)59)20-31-40(3,4)27-18-23(63(54,55)56)11-13-29(27)43(31)21-32(45)41-61(5,49)50/h10-13,17-20H,6-9,14-16,21H2,1-5H3,(H3-,41,45,51,52,53,54,55,56,58,59,60)/p+1. The van der Waals surface area contributed by atoms with Gasteiger partial charge in [0.25, 0.3) is 38.0 Å². The zero-order valence-corrected chi connectivity index (χ0v) is 39.5. The highest BCUT2D eigenvalue weighted by atomic mass is 32.2. The highest BCUT2D eigenvalue weighted by Crippen LogP contribution is 2.50. The number of thiol groups is 1. The summed E-state index contributed by atoms with van der Waals surface area (Å²) in [6.07, 6.45) is 5.55. The van der Waals surface area contributed by atoms with E-state index in [9.17, 15) is 53.5 Å². The molecule has 1 fully saturated rings. The maximum atomic E-state index is 13.1. The molecule has 2 aromatic carbocycles. The molecule has 0 spiro atoms. The van der Waals surface area contributed by atoms with Gasteiger partial charge < -0.3 is 9.74 Å². The molecule has 0 atom stereocenters. The van der Waals surface area contributed by atoms with Crippen LogP contribution in [-0.4, -0.2) is 102 Å². The maximum Gasteiger partial charge on any atom is 0.333 e. The number of hydrogen-bond acceptors (Lipinski definition) is 15. The van der Waals surface area contributed by atoms with Gasteiger partial charge in [-0.15, -0.1) is 17.7 Å². The van der Waals surface area contributed by atoms with Crippen molar-refractivity contribution in [3.05, 3.63) is 81.4 Å². The Balaban J connectivity index is 1.38. The summed E-state index contributed by atoms with van der Waals surface area (Å²) in [5.41, 5.74) is 1.83. The summed E-state index contributed by atoms with van der Waals surface area (Å²) in [7, 11) is -13.2. The topological polar surface area (TPSA) is 242 Å². The molecule has 0 saturated carbocycles. The molecule has 0 bridgehead atoms. The highest BCUT2D eigenvalue weighted by Gasteiger charge is 2.48. The Labute approximate surface area is 380 Å². The van der Waals surface area contributed by atoms with Gasteiger partial charge in [0, 0.05) is 76.4 Å². The quantitative estimate of drug-likeness (QED) is 0.0391. The molecule has 3 N–H and O–H groups in total. The molecular formula is C40H43N4O13S6+. The molecule has 3 aliphatic heterocycles. The average molecular weight is 980 g/mol. The van der Waals surface area contributed by atoms with E-state index in [2.05, 4.69) is 0 Å². The number of hydroxylamine groups is 2. The van der Waals surface area contributed by atoms with Crippen LogP contribution in [0.15, 0.2) is 80.1 Å². The van der Waals surface area contributed by atoms with Gasteiger partial charge in [-0.2, -0.15) is 21.4 Å². The lowest BCUT2D eigenvalue weighted by atomic mass is 9.81. The van der Waals surface area contributed by atoms with Crippen LogP contribution in [-0.2, 0) is 65.1 Å². The first-order chi connectivity index (χ1) is 29.0. The third-order valence-corrected chi connectivity index (χ3v) is 14.9. The second-order valence-corrected chi connectivity index (χ2v) is 22.2. The lowest BCUT2D eigenvalue weighted by Gasteiger charge is -2.27. The van der Waals surface area contributed by atoms with Crippen LogP contribution < -0.4 is 9.62 Å². The molecule has 0 radical (unpaired) electrons. The van der Waals surface area contributed by atoms with Crippen molar-refractivity contribution in [3.63, 3.8) is 0 Å². The molecule has 4 aliphatic rings. The number of sulfonamides is 1. The summed E-state index contributed by atoms with van der Waals surface area (Å²) in [5, 5.41) is 0.499. The molecule has 17 nitrogen and oxygen atoms in total. The SMILES string of the molecule is CC1(C)C(/C=C2\C(=S)C(=S)C(/C=C3/N(CCCCCC(=O)ON4C(=O)CCC4=O)c4ccc(S(=O)(=O)O)cc4C3(C)C)=C2S)=[N+](CC(=O)NS(C)(=O)=O)c2ccc(S(=O)(=O)O)cc21. The van der Waals surface area contributed by atoms with Crippen LogP contribution in [0.5, 0.6) is 0 Å². The molecule has 3 heterocycles. The Hall–Kier alpha value is -4.49. The Morgan fingerprint density at radius 3 is 2.03 bits per heavy atom. The molecule has 3 amide bonds. The molecule has 0 aromatic heterocycles. The van der Waals surface area contributed by atoms with E-state index in [1.54, 1.807) is 32.1 Å². The fourth-order valence-electron chi connectivity index (χ4n) is 8.01. The summed E-state index contributed by atoms with van der Waals surface area (Å²) < 4.78 is 96.1. The highest BCUT2D eigenvalue weighted by molar-refractivity contribution is 7.91. The van der Waals surface area contributed by atoms with Crippen molar-refractivity contribution in [1.29, 1.82) is 0 Å². The number of thiocarbonyl (C=S) groups is 2. The van der Waals surface area contributed by atoms with Gasteiger partial charge in [-0.1, -0.05) is 44.7 Å². The minimum atomic E-state index is -4.64. The van der Waals surface area contributed by atoms with Crippen LogP contribution in [0.1, 0.15) is 77.3 Å². The van der Waals surface area contributed by atoms with Crippen LogP contribution in [0, 0.1) is 0 Å². The normalized spacial score (nSPS) is 19.8. The van der Waals surface area contributed by atoms with Crippen molar-refractivity contribution >= 4 is 118 Å². The van der Waals surface area contributed by atoms with Gasteiger partial charge >= 0.3 is 5.97 Å². The number of carbonyl (C=O) groups excluding carboxylic acids is 4. The third-order valence-electron chi connectivity index (χ3n) is 11.2. The minimum absolute atomic E-state index is 0.0239. The van der Waals surface area contributed by atoms with Crippen molar-refractivity contribution in [2.75, 3.05) is 24.2 Å². The predicted molar refractivity (Wildman–Crippen MR) is 242 cm³/mol. The Bertz CT molecular complexity index is 2900. The van der Waals surface area contributed by atoms with Gasteiger partial charge in [0.05, 0.1) is 31.2 Å². The van der Waals surface area contributed by atoms with Gasteiger partial charge in [0.2, 0.25) is 22.3 Å². The lowest BCUT2D eigenvalue weighted by Crippen LogP contribution is -2.37. The second-order valence-electron chi connectivity index (χ2n) is 16.3. The predicted octanol–water partition coefficient (Wildman–Crippen LogP) is 4.35. The van der Waals surface area contributed by atoms with E-state index < -0.39 is 76.2 Å². The molecule has 63 heavy (non-hydrogen) atoms. The largest absolute Gasteiger partial charge is 0.344 e. The summed E-state index contributed by atoms with van der Waals surface area (Å²) in [4.78, 5) is 56.2. The summed E-state index contributed by atoms with van der Waals surface area (Å²) in [5.74, 6) is -2.76. The number of unbranched alkanes of at least 4 members (excludes halogenated alkanes) is 2. The Morgan fingerprint density at radius 1 is 0.857 bits per heavy atom. The smallest absolute Gasteiger partial charge is 0.333 e. The van der Waals surface area contributed by atoms with Crippen molar-refractivity contribution in [2.45, 2.75) is 86.8 Å². The molecule has 2 aromatic rings. The maximum absolute atomic E-state index is 13.1. The number of nitrogens with one attached hydrogen (secondary N) is 1. The zero-order valence-electron chi connectivity index (χ0n) is 34.5. The van der Waals surface area contributed by atoms with Crippen molar-refractivity contribution < 1.29 is 63.0 Å². The lowest BCUT2D eigenvalue weighted by molar-refractivity contribution is -0.425. The van der Waals surface area contributed by atoms with Crippen molar-refractivity contribution in [3.8, 4) is 0 Å². The number of benzene rings is 2. The second kappa shape index (κ2) is 17.1. The summed E-state index contributed by atoms with van der Waals surface area (Å²) >= 11 is 16.7. The molecule has 336 valence electrons. The third kappa shape index (κ3) is 9.65. The molecular weight excluding hydrogens is 937 g/mol. The van der Waals surface area contributed by atoms with Crippen LogP contribution in [0.25, 0.3) is 0 Å². The van der Waals surface area contributed by atoms with E-state index in [-0.39, 0.29) is 33.9 Å². The number of allylic oxidation sites excluding steroid dienone is 5. The first-order valence-corrected chi connectivity index (χ1v) is 25.3. The van der Waals surface area contributed by atoms with Crippen LogP contribution >= 0.6 is 37.1 Å². The fourth-order valence-corrected chi connectivity index (χ4v) is 10.5. The number of imide groups is 1. The number of nitrogens with zero attached hydrogens (tertiary/aromatic N) is 3. The molecule has 23 heteroatoms. The number of hydrogen-bond donors (Lipinski definition) is 4. The number of fused-ring (bicyclic) bond motifs is 2. The van der Waals surface area contributed by atoms with Gasteiger partial charge in [0.15, 0.2) is 5.71 Å². The monoisotopic (exact) mass is 979 g/mol. The van der Waals surface area contributed by atoms with E-state index in [1.807, 2.05) is 23.5 Å². The van der Waals surface area contributed by atoms with Crippen molar-refractivity contribution in [2.24, 2.45) is 0 Å². The average Bonchev–Trinajstić information content (AvgIpc) is 3.74. The van der Waals surface area contributed by atoms with Crippen molar-refractivity contribution in [1.82, 2.24) is 9.79 Å². The van der Waals surface area contributed by atoms with E-state index in [4.69, 9.17) is 41.9 Å². The van der Waals surface area contributed by atoms with E-state index >= 15 is 0 Å². The van der Waals surface area contributed by atoms with E-state index in [0.29, 0.717) is 80.8 Å². The van der Waals surface area contributed by atoms with Crippen LogP contribution in [0.4, 0.5) is 11.4 Å². The van der Waals surface area contributed by atoms with Gasteiger partial charge in [-0.25, -0.2) is 17.9 Å². The van der Waals surface area contributed by atoms with E-state index in [1.165, 1.54) is 28.8 Å². The summed E-state index contributed by atoms with van der Waals surface area (Å²) in [6, 6.07) is 8.10. The fraction of sp³-hybridized carbons (Fsp3) is 0.375. The molecule has 1 saturated heterocycles. The zero-order chi connectivity index (χ0) is 46.8. The molecule has 6 rings (SSSR count). The number of carbonyl (C=O) groups is 4. The number of anilines is 1. The Kier molecular flexibility index (Phi) is 13.1. The van der Waals surface area contributed by atoms with Gasteiger partial charge in [-0.05, 0) is 68.7 Å². The Morgan fingerprint density at radius 2 is 1.44 bits per heavy atom. The number of rotatable bonds is 14.